The third-order valence-corrected chi connectivity index (χ3v) is 6.93. The van der Waals surface area contributed by atoms with E-state index < -0.39 is 10.0 Å². The number of hydrogen-bond acceptors (Lipinski definition) is 7. The lowest BCUT2D eigenvalue weighted by Crippen LogP contribution is -2.34. The lowest BCUT2D eigenvalue weighted by Gasteiger charge is -2.24. The van der Waals surface area contributed by atoms with E-state index in [1.807, 2.05) is 86.6 Å². The third kappa shape index (κ3) is 5.56. The maximum Gasteiger partial charge on any atom is 0.208 e. The van der Waals surface area contributed by atoms with Crippen molar-refractivity contribution in [2.45, 2.75) is 13.8 Å². The van der Waals surface area contributed by atoms with E-state index in [2.05, 4.69) is 20.8 Å². The number of nitrogens with zero attached hydrogens (tertiary/aromatic N) is 6. The van der Waals surface area contributed by atoms with Crippen LogP contribution in [0.1, 0.15) is 23.9 Å². The van der Waals surface area contributed by atoms with E-state index in [0.29, 0.717) is 36.2 Å². The number of aliphatic imine (C=N–C) groups is 1. The van der Waals surface area contributed by atoms with Gasteiger partial charge in [0.05, 0.1) is 11.9 Å². The van der Waals surface area contributed by atoms with E-state index in [0.717, 1.165) is 34.6 Å². The molecule has 0 aliphatic carbocycles. The van der Waals surface area contributed by atoms with Crippen molar-refractivity contribution in [1.82, 2.24) is 19.6 Å². The Morgan fingerprint density at radius 3 is 2.29 bits per heavy atom. The highest BCUT2D eigenvalue weighted by Gasteiger charge is 2.29. The number of aryl methyl sites for hydroxylation is 1. The Bertz CT molecular complexity index is 1610. The Morgan fingerprint density at radius 1 is 0.974 bits per heavy atom. The molecule has 0 unspecified atom stereocenters. The van der Waals surface area contributed by atoms with Gasteiger partial charge in [-0.1, -0.05) is 60.7 Å². The second-order valence-corrected chi connectivity index (χ2v) is 10.8. The van der Waals surface area contributed by atoms with Crippen molar-refractivity contribution in [2.75, 3.05) is 30.8 Å². The third-order valence-electron chi connectivity index (χ3n) is 6.21. The number of hydrogen-bond donors (Lipinski definition) is 1. The quantitative estimate of drug-likeness (QED) is 0.354. The molecule has 1 aliphatic rings. The predicted octanol–water partition coefficient (Wildman–Crippen LogP) is 4.02. The average molecular weight is 528 g/mol. The summed E-state index contributed by atoms with van der Waals surface area (Å²) in [6.07, 6.45) is 1.17. The molecule has 1 aromatic heterocycles. The number of sulfonamides is 1. The first kappa shape index (κ1) is 25.5. The zero-order valence-electron chi connectivity index (χ0n) is 21.5. The minimum Gasteiger partial charge on any atom is -0.370 e. The van der Waals surface area contributed by atoms with Gasteiger partial charge in [-0.3, -0.25) is 0 Å². The van der Waals surface area contributed by atoms with Gasteiger partial charge in [0.25, 0.3) is 0 Å². The Labute approximate surface area is 222 Å². The van der Waals surface area contributed by atoms with Gasteiger partial charge in [-0.05, 0) is 37.6 Å². The van der Waals surface area contributed by atoms with E-state index in [4.69, 9.17) is 15.1 Å². The van der Waals surface area contributed by atoms with Crippen LogP contribution in [0.5, 0.6) is 0 Å². The van der Waals surface area contributed by atoms with Crippen molar-refractivity contribution in [3.05, 3.63) is 95.8 Å². The molecule has 0 bridgehead atoms. The van der Waals surface area contributed by atoms with Crippen molar-refractivity contribution in [3.63, 3.8) is 0 Å². The summed E-state index contributed by atoms with van der Waals surface area (Å²) in [5.74, 6) is 1.19. The predicted molar refractivity (Wildman–Crippen MR) is 152 cm³/mol. The minimum atomic E-state index is -3.23. The number of benzene rings is 3. The summed E-state index contributed by atoms with van der Waals surface area (Å²) < 4.78 is 25.4. The lowest BCUT2D eigenvalue weighted by molar-refractivity contribution is 0.587. The smallest absolute Gasteiger partial charge is 0.208 e. The van der Waals surface area contributed by atoms with E-state index in [1.165, 1.54) is 6.26 Å². The van der Waals surface area contributed by atoms with E-state index in [9.17, 15) is 8.42 Å². The average Bonchev–Trinajstić information content (AvgIpc) is 3.47. The van der Waals surface area contributed by atoms with Gasteiger partial charge in [0.15, 0.2) is 5.82 Å². The lowest BCUT2D eigenvalue weighted by atomic mass is 10.1. The molecule has 0 atom stereocenters. The van der Waals surface area contributed by atoms with Crippen LogP contribution in [0.15, 0.2) is 89.0 Å². The fourth-order valence-electron chi connectivity index (χ4n) is 4.29. The minimum absolute atomic E-state index is 0.339. The van der Waals surface area contributed by atoms with Gasteiger partial charge in [0.1, 0.15) is 11.4 Å². The Balaban J connectivity index is 1.49. The van der Waals surface area contributed by atoms with Crippen molar-refractivity contribution in [1.29, 1.82) is 0 Å². The van der Waals surface area contributed by atoms with Crippen LogP contribution in [0.3, 0.4) is 0 Å². The molecule has 0 amide bonds. The molecule has 10 heteroatoms. The van der Waals surface area contributed by atoms with Crippen molar-refractivity contribution in [2.24, 2.45) is 10.1 Å². The van der Waals surface area contributed by atoms with Crippen LogP contribution < -0.4 is 9.62 Å². The Morgan fingerprint density at radius 2 is 1.66 bits per heavy atom. The summed E-state index contributed by atoms with van der Waals surface area (Å²) >= 11 is 0. The summed E-state index contributed by atoms with van der Waals surface area (Å²) in [7, 11) is -3.23. The molecule has 0 spiro atoms. The Kier molecular flexibility index (Phi) is 7.17. The number of aromatic nitrogens is 3. The summed E-state index contributed by atoms with van der Waals surface area (Å²) in [5, 5.41) is 9.38. The molecule has 4 aromatic rings. The summed E-state index contributed by atoms with van der Waals surface area (Å²) in [6, 6.07) is 25.8. The van der Waals surface area contributed by atoms with Crippen LogP contribution in [0.4, 0.5) is 11.4 Å². The van der Waals surface area contributed by atoms with Gasteiger partial charge in [0, 0.05) is 36.4 Å². The van der Waals surface area contributed by atoms with Crippen molar-refractivity contribution >= 4 is 32.8 Å². The zero-order chi connectivity index (χ0) is 26.7. The van der Waals surface area contributed by atoms with Crippen LogP contribution in [0, 0.1) is 6.92 Å². The van der Waals surface area contributed by atoms with Crippen molar-refractivity contribution in [3.8, 4) is 11.4 Å². The number of rotatable bonds is 9. The molecule has 0 saturated carbocycles. The summed E-state index contributed by atoms with van der Waals surface area (Å²) in [5.41, 5.74) is 6.01. The van der Waals surface area contributed by atoms with Gasteiger partial charge in [-0.25, -0.2) is 23.1 Å². The van der Waals surface area contributed by atoms with Crippen LogP contribution in [-0.4, -0.2) is 60.6 Å². The van der Waals surface area contributed by atoms with Crippen molar-refractivity contribution < 1.29 is 8.42 Å². The number of nitrogens with one attached hydrogen (secondary N) is 1. The molecule has 1 aliphatic heterocycles. The molecule has 3 aromatic carbocycles. The van der Waals surface area contributed by atoms with E-state index in [-0.39, 0.29) is 0 Å². The Hall–Kier alpha value is -4.15. The van der Waals surface area contributed by atoms with Gasteiger partial charge in [0.2, 0.25) is 15.8 Å². The fraction of sp³-hybridized carbons (Fsp3) is 0.214. The molecular weight excluding hydrogens is 498 g/mol. The largest absolute Gasteiger partial charge is 0.370 e. The first-order valence-corrected chi connectivity index (χ1v) is 14.3. The van der Waals surface area contributed by atoms with Gasteiger partial charge >= 0.3 is 0 Å². The fourth-order valence-corrected chi connectivity index (χ4v) is 4.75. The summed E-state index contributed by atoms with van der Waals surface area (Å²) in [6.45, 7) is 5.70. The van der Waals surface area contributed by atoms with Crippen LogP contribution in [0.2, 0.25) is 0 Å². The molecule has 0 saturated heterocycles. The highest BCUT2D eigenvalue weighted by atomic mass is 32.2. The monoisotopic (exact) mass is 527 g/mol. The van der Waals surface area contributed by atoms with Gasteiger partial charge in [-0.15, -0.1) is 15.0 Å². The number of anilines is 1. The highest BCUT2D eigenvalue weighted by molar-refractivity contribution is 7.88. The first-order valence-electron chi connectivity index (χ1n) is 12.4. The normalized spacial score (nSPS) is 14.0. The molecule has 9 nitrogen and oxygen atoms in total. The molecule has 0 fully saturated rings. The number of likely N-dealkylation sites (N-methyl/N-ethyl adjacent to an activating group) is 1. The topological polar surface area (TPSA) is 105 Å². The second kappa shape index (κ2) is 10.7. The maximum atomic E-state index is 11.4. The molecular formula is C28H29N7O2S. The summed E-state index contributed by atoms with van der Waals surface area (Å²) in [4.78, 5) is 13.5. The standard InChI is InChI=1S/C28H29N7O2S/c1-4-34(18-17-29-38(3,36)37)23-15-16-24(20(2)19-23)30-26-25(21-11-7-5-8-12-21)32-35-28(26)31-27(33-35)22-13-9-6-10-14-22/h5-16,19,29H,4,17-18H2,1-3H3/b30-26-. The molecule has 38 heavy (non-hydrogen) atoms. The first-order chi connectivity index (χ1) is 18.3. The molecule has 194 valence electrons. The van der Waals surface area contributed by atoms with Crippen LogP contribution >= 0.6 is 0 Å². The molecule has 5 rings (SSSR count). The van der Waals surface area contributed by atoms with Gasteiger partial charge in [-0.2, -0.15) is 0 Å². The second-order valence-electron chi connectivity index (χ2n) is 9.01. The molecule has 1 N–H and O–H groups in total. The zero-order valence-corrected chi connectivity index (χ0v) is 22.4. The van der Waals surface area contributed by atoms with E-state index >= 15 is 0 Å². The molecule has 0 radical (unpaired) electrons. The number of fused-ring (bicyclic) bond motifs is 1. The van der Waals surface area contributed by atoms with Crippen LogP contribution in [0.25, 0.3) is 11.4 Å². The maximum absolute atomic E-state index is 11.4. The van der Waals surface area contributed by atoms with Crippen LogP contribution in [-0.2, 0) is 10.0 Å². The van der Waals surface area contributed by atoms with E-state index in [1.54, 1.807) is 4.79 Å². The molecule has 2 heterocycles. The highest BCUT2D eigenvalue weighted by Crippen LogP contribution is 2.28. The SMILES string of the molecule is CCN(CCNS(C)(=O)=O)c1ccc(/N=C2/C(c3ccccc3)=Nn3nc(-c4ccccc4)nc32)c(C)c1. The van der Waals surface area contributed by atoms with Gasteiger partial charge < -0.3 is 4.90 Å².